The molecule has 1 rings (SSSR count). The van der Waals surface area contributed by atoms with Crippen molar-refractivity contribution in [2.75, 3.05) is 24.7 Å². The van der Waals surface area contributed by atoms with Gasteiger partial charge in [-0.1, -0.05) is 12.1 Å². The minimum atomic E-state index is -3.53. The first kappa shape index (κ1) is 15.5. The molecule has 1 atom stereocenters. The Balaban J connectivity index is 2.85. The lowest BCUT2D eigenvalue weighted by atomic mass is 10.3. The summed E-state index contributed by atoms with van der Waals surface area (Å²) in [6.07, 6.45) is 0. The van der Waals surface area contributed by atoms with Gasteiger partial charge in [0.25, 0.3) is 0 Å². The number of carbonyl (C=O) groups excluding carboxylic acids is 1. The highest BCUT2D eigenvalue weighted by Crippen LogP contribution is 2.23. The SMILES string of the molecule is COc1ccccc1NC(=O)C(C)S(=O)(=O)CCN. The van der Waals surface area contributed by atoms with Crippen LogP contribution >= 0.6 is 0 Å². The van der Waals surface area contributed by atoms with Gasteiger partial charge in [-0.3, -0.25) is 4.79 Å². The number of ether oxygens (including phenoxy) is 1. The van der Waals surface area contributed by atoms with Crippen molar-refractivity contribution in [3.63, 3.8) is 0 Å². The van der Waals surface area contributed by atoms with Crippen LogP contribution < -0.4 is 15.8 Å². The van der Waals surface area contributed by atoms with Crippen LogP contribution in [0.5, 0.6) is 5.75 Å². The highest BCUT2D eigenvalue weighted by molar-refractivity contribution is 7.92. The highest BCUT2D eigenvalue weighted by atomic mass is 32.2. The monoisotopic (exact) mass is 286 g/mol. The number of para-hydroxylation sites is 2. The van der Waals surface area contributed by atoms with Gasteiger partial charge in [-0.15, -0.1) is 0 Å². The minimum Gasteiger partial charge on any atom is -0.495 e. The maximum atomic E-state index is 11.9. The van der Waals surface area contributed by atoms with Crippen LogP contribution in [0.15, 0.2) is 24.3 Å². The van der Waals surface area contributed by atoms with Gasteiger partial charge in [0.1, 0.15) is 11.0 Å². The average molecular weight is 286 g/mol. The van der Waals surface area contributed by atoms with E-state index in [4.69, 9.17) is 10.5 Å². The molecule has 0 fully saturated rings. The number of amides is 1. The number of benzene rings is 1. The van der Waals surface area contributed by atoms with Crippen molar-refractivity contribution in [2.45, 2.75) is 12.2 Å². The number of sulfone groups is 1. The first-order valence-corrected chi connectivity index (χ1v) is 7.49. The normalized spacial score (nSPS) is 12.8. The van der Waals surface area contributed by atoms with E-state index >= 15 is 0 Å². The molecular formula is C12H18N2O4S. The molecule has 1 amide bonds. The van der Waals surface area contributed by atoms with Gasteiger partial charge in [0, 0.05) is 6.54 Å². The summed E-state index contributed by atoms with van der Waals surface area (Å²) in [5.41, 5.74) is 5.65. The summed E-state index contributed by atoms with van der Waals surface area (Å²) in [4.78, 5) is 11.9. The Bertz CT molecular complexity index is 542. The number of hydrogen-bond acceptors (Lipinski definition) is 5. The van der Waals surface area contributed by atoms with Crippen LogP contribution in [0.3, 0.4) is 0 Å². The number of methoxy groups -OCH3 is 1. The summed E-state index contributed by atoms with van der Waals surface area (Å²) in [5.74, 6) is -0.342. The van der Waals surface area contributed by atoms with E-state index in [1.165, 1.54) is 14.0 Å². The number of nitrogens with one attached hydrogen (secondary N) is 1. The molecule has 1 aromatic rings. The Morgan fingerprint density at radius 3 is 2.63 bits per heavy atom. The molecular weight excluding hydrogens is 268 g/mol. The third-order valence-electron chi connectivity index (χ3n) is 2.68. The molecule has 0 bridgehead atoms. The smallest absolute Gasteiger partial charge is 0.242 e. The standard InChI is InChI=1S/C12H18N2O4S/c1-9(19(16,17)8-7-13)12(15)14-10-5-3-4-6-11(10)18-2/h3-6,9H,7-8,13H2,1-2H3,(H,14,15). The van der Waals surface area contributed by atoms with E-state index in [0.29, 0.717) is 11.4 Å². The van der Waals surface area contributed by atoms with Crippen molar-refractivity contribution in [2.24, 2.45) is 5.73 Å². The van der Waals surface area contributed by atoms with Crippen LogP contribution in [-0.4, -0.2) is 39.0 Å². The second kappa shape index (κ2) is 6.53. The Morgan fingerprint density at radius 2 is 2.05 bits per heavy atom. The predicted octanol–water partition coefficient (Wildman–Crippen LogP) is 0.396. The molecule has 3 N–H and O–H groups in total. The molecule has 0 heterocycles. The molecule has 0 aliphatic heterocycles. The summed E-state index contributed by atoms with van der Waals surface area (Å²) in [6.45, 7) is 1.34. The molecule has 0 aliphatic carbocycles. The summed E-state index contributed by atoms with van der Waals surface area (Å²) in [5, 5.41) is 1.39. The van der Waals surface area contributed by atoms with Crippen molar-refractivity contribution in [1.82, 2.24) is 0 Å². The summed E-state index contributed by atoms with van der Waals surface area (Å²) >= 11 is 0. The van der Waals surface area contributed by atoms with Crippen molar-refractivity contribution in [3.8, 4) is 5.75 Å². The van der Waals surface area contributed by atoms with Gasteiger partial charge < -0.3 is 15.8 Å². The number of carbonyl (C=O) groups is 1. The lowest BCUT2D eigenvalue weighted by molar-refractivity contribution is -0.115. The fourth-order valence-electron chi connectivity index (χ4n) is 1.49. The molecule has 0 saturated heterocycles. The van der Waals surface area contributed by atoms with Crippen molar-refractivity contribution in [3.05, 3.63) is 24.3 Å². The molecule has 106 valence electrons. The van der Waals surface area contributed by atoms with E-state index in [1.54, 1.807) is 24.3 Å². The zero-order valence-electron chi connectivity index (χ0n) is 10.9. The molecule has 0 radical (unpaired) electrons. The highest BCUT2D eigenvalue weighted by Gasteiger charge is 2.27. The van der Waals surface area contributed by atoms with Gasteiger partial charge in [-0.25, -0.2) is 8.42 Å². The van der Waals surface area contributed by atoms with Gasteiger partial charge >= 0.3 is 0 Å². The van der Waals surface area contributed by atoms with Crippen LogP contribution in [0, 0.1) is 0 Å². The summed E-state index contributed by atoms with van der Waals surface area (Å²) in [7, 11) is -2.06. The minimum absolute atomic E-state index is 0.00535. The lowest BCUT2D eigenvalue weighted by Crippen LogP contribution is -2.35. The topological polar surface area (TPSA) is 98.5 Å². The Labute approximate surface area is 112 Å². The fraction of sp³-hybridized carbons (Fsp3) is 0.417. The first-order chi connectivity index (χ1) is 8.92. The fourth-order valence-corrected chi connectivity index (χ4v) is 2.55. The first-order valence-electron chi connectivity index (χ1n) is 5.78. The van der Waals surface area contributed by atoms with Crippen molar-refractivity contribution < 1.29 is 17.9 Å². The second-order valence-corrected chi connectivity index (χ2v) is 6.43. The largest absolute Gasteiger partial charge is 0.495 e. The van der Waals surface area contributed by atoms with E-state index in [0.717, 1.165) is 0 Å². The molecule has 0 aliphatic rings. The van der Waals surface area contributed by atoms with E-state index in [1.807, 2.05) is 0 Å². The second-order valence-electron chi connectivity index (χ2n) is 3.99. The van der Waals surface area contributed by atoms with E-state index < -0.39 is 21.0 Å². The van der Waals surface area contributed by atoms with Gasteiger partial charge in [-0.05, 0) is 19.1 Å². The maximum absolute atomic E-state index is 11.9. The quantitative estimate of drug-likeness (QED) is 0.788. The number of nitrogens with two attached hydrogens (primary N) is 1. The Kier molecular flexibility index (Phi) is 5.31. The van der Waals surface area contributed by atoms with Crippen LogP contribution in [0.25, 0.3) is 0 Å². The number of anilines is 1. The van der Waals surface area contributed by atoms with Crippen molar-refractivity contribution >= 4 is 21.4 Å². The van der Waals surface area contributed by atoms with Crippen molar-refractivity contribution in [1.29, 1.82) is 0 Å². The summed E-state index contributed by atoms with van der Waals surface area (Å²) < 4.78 is 28.6. The average Bonchev–Trinajstić information content (AvgIpc) is 2.38. The lowest BCUT2D eigenvalue weighted by Gasteiger charge is -2.14. The summed E-state index contributed by atoms with van der Waals surface area (Å²) in [6, 6.07) is 6.79. The van der Waals surface area contributed by atoms with Crippen LogP contribution in [0.1, 0.15) is 6.92 Å². The zero-order valence-corrected chi connectivity index (χ0v) is 11.7. The van der Waals surface area contributed by atoms with Crippen LogP contribution in [0.2, 0.25) is 0 Å². The number of rotatable bonds is 6. The maximum Gasteiger partial charge on any atom is 0.242 e. The van der Waals surface area contributed by atoms with Gasteiger partial charge in [-0.2, -0.15) is 0 Å². The zero-order chi connectivity index (χ0) is 14.5. The third-order valence-corrected chi connectivity index (χ3v) is 4.77. The molecule has 19 heavy (non-hydrogen) atoms. The molecule has 7 heteroatoms. The molecule has 1 aromatic carbocycles. The Morgan fingerprint density at radius 1 is 1.42 bits per heavy atom. The molecule has 0 spiro atoms. The van der Waals surface area contributed by atoms with Crippen LogP contribution in [-0.2, 0) is 14.6 Å². The van der Waals surface area contributed by atoms with Gasteiger partial charge in [0.05, 0.1) is 18.6 Å². The number of hydrogen-bond donors (Lipinski definition) is 2. The van der Waals surface area contributed by atoms with E-state index in [-0.39, 0.29) is 12.3 Å². The molecule has 0 aromatic heterocycles. The van der Waals surface area contributed by atoms with Gasteiger partial charge in [0.2, 0.25) is 5.91 Å². The van der Waals surface area contributed by atoms with Crippen LogP contribution in [0.4, 0.5) is 5.69 Å². The Hall–Kier alpha value is -1.60. The molecule has 0 saturated carbocycles. The molecule has 1 unspecified atom stereocenters. The predicted molar refractivity (Wildman–Crippen MR) is 73.9 cm³/mol. The van der Waals surface area contributed by atoms with Gasteiger partial charge in [0.15, 0.2) is 9.84 Å². The third kappa shape index (κ3) is 3.93. The molecule has 6 nitrogen and oxygen atoms in total. The van der Waals surface area contributed by atoms with E-state index in [2.05, 4.69) is 5.32 Å². The van der Waals surface area contributed by atoms with E-state index in [9.17, 15) is 13.2 Å².